The predicted octanol–water partition coefficient (Wildman–Crippen LogP) is 2.12. The van der Waals surface area contributed by atoms with Gasteiger partial charge in [0.1, 0.15) is 8.30 Å². The molecule has 14 heavy (non-hydrogen) atoms. The van der Waals surface area contributed by atoms with Gasteiger partial charge in [-0.05, 0) is 12.8 Å². The van der Waals surface area contributed by atoms with E-state index in [9.17, 15) is 0 Å². The van der Waals surface area contributed by atoms with Crippen LogP contribution in [0.3, 0.4) is 0 Å². The Balaban J connectivity index is 1.86. The molecule has 0 spiro atoms. The minimum absolute atomic E-state index is 0.447. The molecule has 0 amide bonds. The highest BCUT2D eigenvalue weighted by Crippen LogP contribution is 2.50. The first kappa shape index (κ1) is 8.84. The Morgan fingerprint density at radius 1 is 1.29 bits per heavy atom. The lowest BCUT2D eigenvalue weighted by Crippen LogP contribution is -2.22. The average molecular weight is 207 g/mol. The molecule has 74 valence electrons. The Hall–Kier alpha value is -0.430. The summed E-state index contributed by atoms with van der Waals surface area (Å²) in [5.74, 6) is 0. The molecule has 1 aromatic rings. The van der Waals surface area contributed by atoms with Crippen molar-refractivity contribution in [2.24, 2.45) is 0 Å². The van der Waals surface area contributed by atoms with Crippen LogP contribution in [-0.4, -0.2) is 23.9 Å². The van der Waals surface area contributed by atoms with Gasteiger partial charge in [0.15, 0.2) is 0 Å². The maximum atomic E-state index is 5.90. The Bertz CT molecular complexity index is 316. The lowest BCUT2D eigenvalue weighted by atomic mass is 10.2. The highest BCUT2D eigenvalue weighted by molar-refractivity contribution is 7.58. The summed E-state index contributed by atoms with van der Waals surface area (Å²) in [7, 11) is -0.447. The summed E-state index contributed by atoms with van der Waals surface area (Å²) in [4.78, 5) is 0. The lowest BCUT2D eigenvalue weighted by Gasteiger charge is -2.20. The molecule has 0 bridgehead atoms. The van der Waals surface area contributed by atoms with E-state index in [1.807, 2.05) is 0 Å². The fourth-order valence-electron chi connectivity index (χ4n) is 2.24. The Labute approximate surface area is 85.8 Å². The van der Waals surface area contributed by atoms with Gasteiger partial charge in [0, 0.05) is 17.9 Å². The van der Waals surface area contributed by atoms with Gasteiger partial charge in [0.2, 0.25) is 0 Å². The highest BCUT2D eigenvalue weighted by atomic mass is 31.2. The van der Waals surface area contributed by atoms with Gasteiger partial charge in [-0.1, -0.05) is 30.3 Å². The molecule has 0 saturated carbocycles. The van der Waals surface area contributed by atoms with Gasteiger partial charge in [-0.25, -0.2) is 0 Å². The van der Waals surface area contributed by atoms with Gasteiger partial charge >= 0.3 is 0 Å². The first-order chi connectivity index (χ1) is 6.95. The molecule has 0 N–H and O–H groups in total. The number of rotatable bonds is 1. The maximum absolute atomic E-state index is 5.90. The smallest absolute Gasteiger partial charge is 0.137 e. The van der Waals surface area contributed by atoms with Gasteiger partial charge < -0.3 is 4.52 Å². The molecule has 3 rings (SSSR count). The van der Waals surface area contributed by atoms with E-state index in [1.165, 1.54) is 24.7 Å². The molecule has 2 heterocycles. The van der Waals surface area contributed by atoms with Crippen molar-refractivity contribution in [2.75, 3.05) is 13.2 Å². The van der Waals surface area contributed by atoms with Crippen LogP contribution in [0.15, 0.2) is 30.3 Å². The zero-order valence-corrected chi connectivity index (χ0v) is 8.99. The molecule has 2 nitrogen and oxygen atoms in total. The van der Waals surface area contributed by atoms with Gasteiger partial charge in [-0.2, -0.15) is 0 Å². The van der Waals surface area contributed by atoms with Crippen molar-refractivity contribution in [1.29, 1.82) is 0 Å². The molecule has 2 unspecified atom stereocenters. The number of benzene rings is 1. The summed E-state index contributed by atoms with van der Waals surface area (Å²) in [6.07, 6.45) is 2.67. The van der Waals surface area contributed by atoms with Crippen molar-refractivity contribution in [1.82, 2.24) is 4.67 Å². The second-order valence-electron chi connectivity index (χ2n) is 3.86. The fourth-order valence-corrected chi connectivity index (χ4v) is 4.37. The molecule has 0 aromatic heterocycles. The molecule has 2 aliphatic heterocycles. The van der Waals surface area contributed by atoms with Crippen molar-refractivity contribution in [2.45, 2.75) is 18.9 Å². The van der Waals surface area contributed by atoms with Gasteiger partial charge in [0.25, 0.3) is 0 Å². The molecule has 2 saturated heterocycles. The van der Waals surface area contributed by atoms with Crippen molar-refractivity contribution in [3.05, 3.63) is 30.3 Å². The number of fused-ring (bicyclic) bond motifs is 1. The number of nitrogens with zero attached hydrogens (tertiary/aromatic N) is 1. The second-order valence-corrected chi connectivity index (χ2v) is 5.70. The van der Waals surface area contributed by atoms with E-state index < -0.39 is 8.30 Å². The standard InChI is InChI=1S/C11H14NOP/c1-2-6-11(7-3-1)14-12-8-4-5-10(12)9-13-14/h1-3,6-7,10H,4-5,8-9H2. The van der Waals surface area contributed by atoms with Crippen LogP contribution < -0.4 is 5.30 Å². The fraction of sp³-hybridized carbons (Fsp3) is 0.455. The highest BCUT2D eigenvalue weighted by Gasteiger charge is 2.38. The normalized spacial score (nSPS) is 32.0. The van der Waals surface area contributed by atoms with Crippen LogP contribution in [0.5, 0.6) is 0 Å². The van der Waals surface area contributed by atoms with E-state index in [4.69, 9.17) is 4.52 Å². The van der Waals surface area contributed by atoms with Crippen LogP contribution in [0.2, 0.25) is 0 Å². The molecule has 1 aromatic carbocycles. The average Bonchev–Trinajstić information content (AvgIpc) is 2.79. The SMILES string of the molecule is c1ccc(P2OCC3CCCN32)cc1. The van der Waals surface area contributed by atoms with Crippen LogP contribution in [-0.2, 0) is 4.52 Å². The predicted molar refractivity (Wildman–Crippen MR) is 58.7 cm³/mol. The molecule has 3 heteroatoms. The number of hydrogen-bond acceptors (Lipinski definition) is 2. The van der Waals surface area contributed by atoms with Crippen molar-refractivity contribution < 1.29 is 4.52 Å². The third-order valence-electron chi connectivity index (χ3n) is 2.95. The second kappa shape index (κ2) is 3.62. The molecule has 0 aliphatic carbocycles. The van der Waals surface area contributed by atoms with Crippen molar-refractivity contribution in [3.63, 3.8) is 0 Å². The number of hydrogen-bond donors (Lipinski definition) is 0. The van der Waals surface area contributed by atoms with Gasteiger partial charge in [0.05, 0.1) is 6.61 Å². The zero-order chi connectivity index (χ0) is 9.38. The monoisotopic (exact) mass is 207 g/mol. The maximum Gasteiger partial charge on any atom is 0.137 e. The van der Waals surface area contributed by atoms with Crippen LogP contribution in [0.4, 0.5) is 0 Å². The Kier molecular flexibility index (Phi) is 2.28. The summed E-state index contributed by atoms with van der Waals surface area (Å²) in [5.41, 5.74) is 0. The molecule has 2 atom stereocenters. The van der Waals surface area contributed by atoms with Gasteiger partial charge in [-0.3, -0.25) is 4.67 Å². The van der Waals surface area contributed by atoms with E-state index in [2.05, 4.69) is 35.0 Å². The Morgan fingerprint density at radius 3 is 3.00 bits per heavy atom. The van der Waals surface area contributed by atoms with E-state index >= 15 is 0 Å². The van der Waals surface area contributed by atoms with Crippen LogP contribution in [0.25, 0.3) is 0 Å². The molecular weight excluding hydrogens is 193 g/mol. The van der Waals surface area contributed by atoms with Crippen LogP contribution in [0.1, 0.15) is 12.8 Å². The third kappa shape index (κ3) is 1.38. The van der Waals surface area contributed by atoms with Crippen molar-refractivity contribution >= 4 is 13.6 Å². The van der Waals surface area contributed by atoms with Gasteiger partial charge in [-0.15, -0.1) is 0 Å². The minimum atomic E-state index is -0.447. The lowest BCUT2D eigenvalue weighted by molar-refractivity contribution is 0.342. The summed E-state index contributed by atoms with van der Waals surface area (Å²) in [5, 5.41) is 1.37. The third-order valence-corrected chi connectivity index (χ3v) is 5.07. The van der Waals surface area contributed by atoms with E-state index in [1.54, 1.807) is 0 Å². The van der Waals surface area contributed by atoms with E-state index in [-0.39, 0.29) is 0 Å². The first-order valence-corrected chi connectivity index (χ1v) is 6.41. The Morgan fingerprint density at radius 2 is 2.14 bits per heavy atom. The van der Waals surface area contributed by atoms with Crippen molar-refractivity contribution in [3.8, 4) is 0 Å². The zero-order valence-electron chi connectivity index (χ0n) is 8.10. The minimum Gasteiger partial charge on any atom is -0.338 e. The van der Waals surface area contributed by atoms with Crippen LogP contribution in [0, 0.1) is 0 Å². The topological polar surface area (TPSA) is 12.5 Å². The summed E-state index contributed by atoms with van der Waals surface area (Å²) in [6, 6.07) is 11.4. The first-order valence-electron chi connectivity index (χ1n) is 5.20. The molecular formula is C11H14NOP. The summed E-state index contributed by atoms with van der Waals surface area (Å²) < 4.78 is 8.46. The van der Waals surface area contributed by atoms with E-state index in [0.717, 1.165) is 6.61 Å². The summed E-state index contributed by atoms with van der Waals surface area (Å²) >= 11 is 0. The molecule has 2 fully saturated rings. The van der Waals surface area contributed by atoms with Crippen LogP contribution >= 0.6 is 8.30 Å². The quantitative estimate of drug-likeness (QED) is 0.654. The van der Waals surface area contributed by atoms with E-state index in [0.29, 0.717) is 6.04 Å². The molecule has 2 aliphatic rings. The largest absolute Gasteiger partial charge is 0.338 e. The summed E-state index contributed by atoms with van der Waals surface area (Å²) in [6.45, 7) is 2.17. The molecule has 0 radical (unpaired) electrons.